The Morgan fingerprint density at radius 3 is 2.70 bits per heavy atom. The average Bonchev–Trinajstić information content (AvgIpc) is 2.73. The van der Waals surface area contributed by atoms with Crippen LogP contribution < -0.4 is 15.1 Å². The number of anilines is 2. The molecule has 27 heavy (non-hydrogen) atoms. The van der Waals surface area contributed by atoms with Crippen molar-refractivity contribution >= 4 is 17.9 Å². The first-order valence-electron chi connectivity index (χ1n) is 9.94. The van der Waals surface area contributed by atoms with Gasteiger partial charge in [-0.2, -0.15) is 5.10 Å². The first kappa shape index (κ1) is 19.1. The van der Waals surface area contributed by atoms with Crippen LogP contribution in [0.15, 0.2) is 41.8 Å². The Balaban J connectivity index is 1.50. The van der Waals surface area contributed by atoms with E-state index in [2.05, 4.69) is 32.3 Å². The zero-order valence-electron chi connectivity index (χ0n) is 16.1. The molecule has 6 nitrogen and oxygen atoms in total. The maximum absolute atomic E-state index is 5.73. The Hall–Kier alpha value is -2.63. The number of hydrogen-bond donors (Lipinski definition) is 1. The molecule has 0 saturated carbocycles. The highest BCUT2D eigenvalue weighted by atomic mass is 16.5. The van der Waals surface area contributed by atoms with Gasteiger partial charge in [0.05, 0.1) is 12.8 Å². The lowest BCUT2D eigenvalue weighted by Gasteiger charge is -2.27. The number of hydrogen-bond acceptors (Lipinski definition) is 6. The van der Waals surface area contributed by atoms with Gasteiger partial charge in [-0.25, -0.2) is 9.97 Å². The largest absolute Gasteiger partial charge is 0.494 e. The number of nitrogens with zero attached hydrogens (tertiary/aromatic N) is 4. The van der Waals surface area contributed by atoms with Crippen LogP contribution >= 0.6 is 0 Å². The molecule has 1 saturated heterocycles. The Labute approximate surface area is 161 Å². The molecular formula is C21H29N5O. The molecule has 0 atom stereocenters. The van der Waals surface area contributed by atoms with Crippen molar-refractivity contribution in [1.29, 1.82) is 0 Å². The molecule has 144 valence electrons. The normalized spacial score (nSPS) is 14.5. The summed E-state index contributed by atoms with van der Waals surface area (Å²) in [6.07, 6.45) is 10.6. The van der Waals surface area contributed by atoms with E-state index in [9.17, 15) is 0 Å². The monoisotopic (exact) mass is 367 g/mol. The van der Waals surface area contributed by atoms with E-state index in [0.29, 0.717) is 5.82 Å². The van der Waals surface area contributed by atoms with Gasteiger partial charge in [0, 0.05) is 19.2 Å². The van der Waals surface area contributed by atoms with E-state index in [0.717, 1.165) is 43.2 Å². The van der Waals surface area contributed by atoms with Crippen molar-refractivity contribution in [3.05, 3.63) is 42.2 Å². The lowest BCUT2D eigenvalue weighted by molar-refractivity contribution is 0.306. The van der Waals surface area contributed by atoms with Gasteiger partial charge in [0.2, 0.25) is 0 Å². The zero-order valence-corrected chi connectivity index (χ0v) is 16.1. The second-order valence-electron chi connectivity index (χ2n) is 6.80. The fourth-order valence-electron chi connectivity index (χ4n) is 3.07. The van der Waals surface area contributed by atoms with Crippen LogP contribution in [0.5, 0.6) is 5.75 Å². The fraction of sp³-hybridized carbons (Fsp3) is 0.476. The third kappa shape index (κ3) is 6.24. The van der Waals surface area contributed by atoms with Crippen LogP contribution in [0.2, 0.25) is 0 Å². The van der Waals surface area contributed by atoms with Gasteiger partial charge in [-0.3, -0.25) is 5.43 Å². The maximum atomic E-state index is 5.73. The summed E-state index contributed by atoms with van der Waals surface area (Å²) >= 11 is 0. The van der Waals surface area contributed by atoms with Gasteiger partial charge in [0.15, 0.2) is 5.82 Å². The van der Waals surface area contributed by atoms with Crippen molar-refractivity contribution in [3.8, 4) is 5.75 Å². The second-order valence-corrected chi connectivity index (χ2v) is 6.80. The number of hydrazone groups is 1. The maximum Gasteiger partial charge on any atom is 0.151 e. The number of benzene rings is 1. The molecule has 0 bridgehead atoms. The molecule has 1 aromatic heterocycles. The molecule has 2 heterocycles. The van der Waals surface area contributed by atoms with Crippen LogP contribution in [0.1, 0.15) is 51.0 Å². The first-order chi connectivity index (χ1) is 13.3. The topological polar surface area (TPSA) is 62.6 Å². The molecule has 2 aromatic rings. The van der Waals surface area contributed by atoms with Gasteiger partial charge in [-0.05, 0) is 55.5 Å². The lowest BCUT2D eigenvalue weighted by Crippen LogP contribution is -2.30. The summed E-state index contributed by atoms with van der Waals surface area (Å²) in [5.74, 6) is 2.57. The standard InChI is InChI=1S/C21H29N5O/c1-2-3-7-14-27-19-10-8-18(9-11-19)16-24-25-20-15-21(23-17-22-20)26-12-5-4-6-13-26/h8-11,15-17H,2-7,12-14H2,1H3,(H,22,23,25). The fourth-order valence-corrected chi connectivity index (χ4v) is 3.07. The third-order valence-electron chi connectivity index (χ3n) is 4.62. The Morgan fingerprint density at radius 2 is 1.93 bits per heavy atom. The van der Waals surface area contributed by atoms with E-state index in [4.69, 9.17) is 4.74 Å². The summed E-state index contributed by atoms with van der Waals surface area (Å²) in [6, 6.07) is 9.91. The number of ether oxygens (including phenoxy) is 1. The molecule has 0 spiro atoms. The Bertz CT molecular complexity index is 711. The molecule has 6 heteroatoms. The predicted molar refractivity (Wildman–Crippen MR) is 111 cm³/mol. The van der Waals surface area contributed by atoms with Crippen molar-refractivity contribution in [2.75, 3.05) is 30.0 Å². The van der Waals surface area contributed by atoms with Crippen molar-refractivity contribution < 1.29 is 4.74 Å². The van der Waals surface area contributed by atoms with Crippen LogP contribution in [0.3, 0.4) is 0 Å². The van der Waals surface area contributed by atoms with Gasteiger partial charge in [-0.1, -0.05) is 19.8 Å². The van der Waals surface area contributed by atoms with Crippen LogP contribution in [-0.4, -0.2) is 35.9 Å². The minimum absolute atomic E-state index is 0.706. The number of rotatable bonds is 9. The predicted octanol–water partition coefficient (Wildman–Crippen LogP) is 4.48. The van der Waals surface area contributed by atoms with E-state index >= 15 is 0 Å². The van der Waals surface area contributed by atoms with Crippen LogP contribution in [0.25, 0.3) is 0 Å². The smallest absolute Gasteiger partial charge is 0.151 e. The molecule has 1 aliphatic heterocycles. The molecular weight excluding hydrogens is 338 g/mol. The summed E-state index contributed by atoms with van der Waals surface area (Å²) in [5, 5.41) is 4.29. The van der Waals surface area contributed by atoms with E-state index in [1.165, 1.54) is 32.1 Å². The zero-order chi connectivity index (χ0) is 18.7. The summed E-state index contributed by atoms with van der Waals surface area (Å²) in [5.41, 5.74) is 4.00. The van der Waals surface area contributed by atoms with Gasteiger partial charge in [0.25, 0.3) is 0 Å². The van der Waals surface area contributed by atoms with E-state index in [1.54, 1.807) is 12.5 Å². The molecule has 1 N–H and O–H groups in total. The second kappa shape index (κ2) is 10.5. The number of unbranched alkanes of at least 4 members (excludes halogenated alkanes) is 2. The summed E-state index contributed by atoms with van der Waals surface area (Å²) in [7, 11) is 0. The molecule has 1 aromatic carbocycles. The summed E-state index contributed by atoms with van der Waals surface area (Å²) in [6.45, 7) is 5.09. The van der Waals surface area contributed by atoms with Crippen molar-refractivity contribution in [2.24, 2.45) is 5.10 Å². The lowest BCUT2D eigenvalue weighted by atomic mass is 10.1. The van der Waals surface area contributed by atoms with Crippen molar-refractivity contribution in [3.63, 3.8) is 0 Å². The summed E-state index contributed by atoms with van der Waals surface area (Å²) in [4.78, 5) is 10.9. The molecule has 0 radical (unpaired) electrons. The highest BCUT2D eigenvalue weighted by Crippen LogP contribution is 2.19. The van der Waals surface area contributed by atoms with E-state index < -0.39 is 0 Å². The molecule has 3 rings (SSSR count). The van der Waals surface area contributed by atoms with Gasteiger partial charge >= 0.3 is 0 Å². The number of nitrogens with one attached hydrogen (secondary N) is 1. The third-order valence-corrected chi connectivity index (χ3v) is 4.62. The Morgan fingerprint density at radius 1 is 1.11 bits per heavy atom. The van der Waals surface area contributed by atoms with Crippen LogP contribution in [0, 0.1) is 0 Å². The Kier molecular flexibility index (Phi) is 7.45. The highest BCUT2D eigenvalue weighted by molar-refractivity contribution is 5.80. The molecule has 0 unspecified atom stereocenters. The van der Waals surface area contributed by atoms with Gasteiger partial charge in [0.1, 0.15) is 17.9 Å². The van der Waals surface area contributed by atoms with Gasteiger partial charge in [-0.15, -0.1) is 0 Å². The minimum atomic E-state index is 0.706. The van der Waals surface area contributed by atoms with E-state index in [-0.39, 0.29) is 0 Å². The van der Waals surface area contributed by atoms with Crippen LogP contribution in [-0.2, 0) is 0 Å². The quantitative estimate of drug-likeness (QED) is 0.402. The molecule has 1 aliphatic rings. The molecule has 0 aliphatic carbocycles. The molecule has 1 fully saturated rings. The molecule has 0 amide bonds. The van der Waals surface area contributed by atoms with Crippen molar-refractivity contribution in [1.82, 2.24) is 9.97 Å². The SMILES string of the molecule is CCCCCOc1ccc(C=NNc2cc(N3CCCCC3)ncn2)cc1. The van der Waals surface area contributed by atoms with Gasteiger partial charge < -0.3 is 9.64 Å². The number of aromatic nitrogens is 2. The first-order valence-corrected chi connectivity index (χ1v) is 9.94. The van der Waals surface area contributed by atoms with Crippen molar-refractivity contribution in [2.45, 2.75) is 45.4 Å². The summed E-state index contributed by atoms with van der Waals surface area (Å²) < 4.78 is 5.73. The van der Waals surface area contributed by atoms with Crippen LogP contribution in [0.4, 0.5) is 11.6 Å². The highest BCUT2D eigenvalue weighted by Gasteiger charge is 2.12. The number of piperidine rings is 1. The minimum Gasteiger partial charge on any atom is -0.494 e. The van der Waals surface area contributed by atoms with E-state index in [1.807, 2.05) is 30.3 Å². The average molecular weight is 367 g/mol.